The van der Waals surface area contributed by atoms with E-state index in [0.717, 1.165) is 16.8 Å². The van der Waals surface area contributed by atoms with Gasteiger partial charge < -0.3 is 4.90 Å². The van der Waals surface area contributed by atoms with Gasteiger partial charge in [0.1, 0.15) is 0 Å². The zero-order valence-corrected chi connectivity index (χ0v) is 22.1. The third-order valence-electron chi connectivity index (χ3n) is 4.11. The van der Waals surface area contributed by atoms with E-state index in [4.69, 9.17) is 0 Å². The lowest BCUT2D eigenvalue weighted by Gasteiger charge is -2.24. The minimum Gasteiger partial charge on any atom is -0.314 e. The Bertz CT molecular complexity index is 661. The van der Waals surface area contributed by atoms with E-state index in [1.807, 2.05) is 107 Å². The lowest BCUT2D eigenvalue weighted by molar-refractivity contribution is -0.120. The Morgan fingerprint density at radius 2 is 1.07 bits per heavy atom. The van der Waals surface area contributed by atoms with E-state index in [9.17, 15) is 4.79 Å². The molecule has 0 spiro atoms. The number of rotatable bonds is 1. The Balaban J connectivity index is -0.000000642. The van der Waals surface area contributed by atoms with Gasteiger partial charge in [-0.2, -0.15) is 0 Å². The van der Waals surface area contributed by atoms with Crippen LogP contribution < -0.4 is 4.90 Å². The van der Waals surface area contributed by atoms with Crippen LogP contribution in [-0.4, -0.2) is 13.0 Å². The van der Waals surface area contributed by atoms with Gasteiger partial charge in [0.25, 0.3) is 0 Å². The Labute approximate surface area is 188 Å². The summed E-state index contributed by atoms with van der Waals surface area (Å²) in [7, 11) is 1.88. The highest BCUT2D eigenvalue weighted by Crippen LogP contribution is 2.42. The second kappa shape index (κ2) is 20.2. The molecule has 1 aliphatic heterocycles. The topological polar surface area (TPSA) is 20.3 Å². The van der Waals surface area contributed by atoms with Gasteiger partial charge in [-0.15, -0.1) is 0 Å². The van der Waals surface area contributed by atoms with E-state index < -0.39 is 0 Å². The summed E-state index contributed by atoms with van der Waals surface area (Å²) in [5, 5.41) is 0. The van der Waals surface area contributed by atoms with Crippen molar-refractivity contribution in [3.05, 3.63) is 54.1 Å². The zero-order chi connectivity index (χ0) is 24.3. The molecule has 0 bridgehead atoms. The van der Waals surface area contributed by atoms with Crippen molar-refractivity contribution in [3.63, 3.8) is 0 Å². The highest BCUT2D eigenvalue weighted by atomic mass is 16.2. The van der Waals surface area contributed by atoms with Gasteiger partial charge in [0.2, 0.25) is 5.91 Å². The van der Waals surface area contributed by atoms with Crippen molar-refractivity contribution in [1.82, 2.24) is 0 Å². The molecule has 0 fully saturated rings. The fraction of sp³-hybridized carbons (Fsp3) is 0.536. The quantitative estimate of drug-likeness (QED) is 0.454. The van der Waals surface area contributed by atoms with Crippen LogP contribution in [0.5, 0.6) is 0 Å². The maximum atomic E-state index is 12.8. The van der Waals surface area contributed by atoms with Crippen LogP contribution in [0.4, 0.5) is 5.69 Å². The largest absolute Gasteiger partial charge is 0.314 e. The molecule has 2 nitrogen and oxygen atoms in total. The van der Waals surface area contributed by atoms with Crippen LogP contribution in [0.2, 0.25) is 0 Å². The molecule has 0 aromatic heterocycles. The summed E-state index contributed by atoms with van der Waals surface area (Å²) >= 11 is 0. The molecule has 2 aromatic rings. The van der Waals surface area contributed by atoms with Crippen LogP contribution in [0.3, 0.4) is 0 Å². The average Bonchev–Trinajstić information content (AvgIpc) is 2.94. The number of nitrogens with zero attached hydrogens (tertiary/aromatic N) is 1. The van der Waals surface area contributed by atoms with Crippen molar-refractivity contribution in [2.45, 2.75) is 89.0 Å². The first-order valence-corrected chi connectivity index (χ1v) is 12.1. The van der Waals surface area contributed by atoms with Crippen LogP contribution in [0.15, 0.2) is 48.5 Å². The minimum absolute atomic E-state index is 0.0800. The predicted octanol–water partition coefficient (Wildman–Crippen LogP) is 9.20. The van der Waals surface area contributed by atoms with Crippen molar-refractivity contribution in [2.24, 2.45) is 5.92 Å². The summed E-state index contributed by atoms with van der Waals surface area (Å²) in [5.74, 6) is 0.376. The molecule has 172 valence electrons. The molecule has 0 aliphatic carbocycles. The molecule has 1 aliphatic rings. The second-order valence-electron chi connectivity index (χ2n) is 5.72. The first kappa shape index (κ1) is 32.6. The number of anilines is 1. The smallest absolute Gasteiger partial charge is 0.234 e. The highest BCUT2D eigenvalue weighted by Gasteiger charge is 2.33. The van der Waals surface area contributed by atoms with Crippen LogP contribution in [-0.2, 0) is 4.79 Å². The summed E-state index contributed by atoms with van der Waals surface area (Å²) < 4.78 is 0. The van der Waals surface area contributed by atoms with Gasteiger partial charge in [-0.05, 0) is 23.1 Å². The maximum Gasteiger partial charge on any atom is 0.234 e. The lowest BCUT2D eigenvalue weighted by Crippen LogP contribution is -2.33. The van der Waals surface area contributed by atoms with Gasteiger partial charge >= 0.3 is 0 Å². The van der Waals surface area contributed by atoms with Gasteiger partial charge in [-0.1, -0.05) is 126 Å². The van der Waals surface area contributed by atoms with Crippen molar-refractivity contribution >= 4 is 11.6 Å². The number of carbonyl (C=O) groups excluding carboxylic acids is 1. The van der Waals surface area contributed by atoms with Crippen molar-refractivity contribution in [3.8, 4) is 11.1 Å². The number of likely N-dealkylation sites (N-methyl/N-ethyl adjacent to an activating group) is 1. The summed E-state index contributed by atoms with van der Waals surface area (Å²) in [4.78, 5) is 14.6. The fourth-order valence-corrected chi connectivity index (χ4v) is 3.11. The van der Waals surface area contributed by atoms with Gasteiger partial charge in [0, 0.05) is 12.6 Å². The first-order valence-electron chi connectivity index (χ1n) is 12.1. The number of benzene rings is 2. The van der Waals surface area contributed by atoms with E-state index in [2.05, 4.69) is 32.0 Å². The van der Waals surface area contributed by atoms with E-state index in [1.165, 1.54) is 5.56 Å². The van der Waals surface area contributed by atoms with E-state index in [1.54, 1.807) is 4.90 Å². The standard InChI is InChI=1S/C18H19NO.5C2H6/c1-12(2)17-15-10-5-4-8-13(15)14-9-6-7-11-16(14)19(3)18(17)20;5*1-2/h4-12,17H,1-3H3;5*1-2H3. The second-order valence-corrected chi connectivity index (χ2v) is 5.72. The minimum atomic E-state index is -0.0800. The number of fused-ring (bicyclic) bond motifs is 3. The molecule has 0 saturated carbocycles. The molecule has 3 rings (SSSR count). The summed E-state index contributed by atoms with van der Waals surface area (Å²) in [6.45, 7) is 24.2. The van der Waals surface area contributed by atoms with Gasteiger partial charge in [-0.25, -0.2) is 0 Å². The van der Waals surface area contributed by atoms with Crippen molar-refractivity contribution < 1.29 is 4.79 Å². The molecule has 1 heterocycles. The number of carbonyl (C=O) groups is 1. The maximum absolute atomic E-state index is 12.8. The third-order valence-corrected chi connectivity index (χ3v) is 4.11. The number of para-hydroxylation sites is 1. The molecule has 0 saturated heterocycles. The molecule has 0 radical (unpaired) electrons. The Hall–Kier alpha value is -2.09. The van der Waals surface area contributed by atoms with Crippen LogP contribution >= 0.6 is 0 Å². The van der Waals surface area contributed by atoms with Crippen LogP contribution in [0, 0.1) is 5.92 Å². The zero-order valence-electron chi connectivity index (χ0n) is 22.1. The molecule has 1 amide bonds. The monoisotopic (exact) mass is 415 g/mol. The summed E-state index contributed by atoms with van der Waals surface area (Å²) in [5.41, 5.74) is 4.46. The SMILES string of the molecule is CC.CC.CC.CC.CC.CC(C)C1C(=O)N(C)c2ccccc2-c2ccccc21. The molecule has 0 N–H and O–H groups in total. The molecular formula is C28H49NO. The Morgan fingerprint density at radius 3 is 1.53 bits per heavy atom. The highest BCUT2D eigenvalue weighted by molar-refractivity contribution is 6.04. The van der Waals surface area contributed by atoms with Crippen LogP contribution in [0.25, 0.3) is 11.1 Å². The predicted molar refractivity (Wildman–Crippen MR) is 140 cm³/mol. The van der Waals surface area contributed by atoms with Gasteiger partial charge in [-0.3, -0.25) is 4.79 Å². The summed E-state index contributed by atoms with van der Waals surface area (Å²) in [6.07, 6.45) is 0. The molecule has 2 heteroatoms. The number of hydrogen-bond donors (Lipinski definition) is 0. The van der Waals surface area contributed by atoms with Gasteiger partial charge in [0.15, 0.2) is 0 Å². The first-order chi connectivity index (χ1) is 14.6. The number of hydrogen-bond acceptors (Lipinski definition) is 1. The fourth-order valence-electron chi connectivity index (χ4n) is 3.11. The lowest BCUT2D eigenvalue weighted by atomic mass is 9.84. The van der Waals surface area contributed by atoms with E-state index in [0.29, 0.717) is 0 Å². The average molecular weight is 416 g/mol. The van der Waals surface area contributed by atoms with Gasteiger partial charge in [0.05, 0.1) is 11.6 Å². The molecule has 2 aromatic carbocycles. The van der Waals surface area contributed by atoms with E-state index >= 15 is 0 Å². The molecular weight excluding hydrogens is 366 g/mol. The Kier molecular flexibility index (Phi) is 21.9. The normalized spacial score (nSPS) is 12.8. The summed E-state index contributed by atoms with van der Waals surface area (Å²) in [6, 6.07) is 16.4. The van der Waals surface area contributed by atoms with Crippen LogP contribution in [0.1, 0.15) is 94.6 Å². The molecule has 1 atom stereocenters. The van der Waals surface area contributed by atoms with Crippen molar-refractivity contribution in [1.29, 1.82) is 0 Å². The molecule has 1 unspecified atom stereocenters. The number of amides is 1. The van der Waals surface area contributed by atoms with Crippen molar-refractivity contribution in [2.75, 3.05) is 11.9 Å². The molecule has 30 heavy (non-hydrogen) atoms. The third kappa shape index (κ3) is 8.34. The van der Waals surface area contributed by atoms with E-state index in [-0.39, 0.29) is 17.7 Å². The Morgan fingerprint density at radius 1 is 0.667 bits per heavy atom.